The van der Waals surface area contributed by atoms with Gasteiger partial charge in [-0.05, 0) is 51.5 Å². The van der Waals surface area contributed by atoms with Gasteiger partial charge in [0.25, 0.3) is 5.56 Å². The van der Waals surface area contributed by atoms with E-state index in [-0.39, 0.29) is 28.8 Å². The van der Waals surface area contributed by atoms with Gasteiger partial charge in [0.2, 0.25) is 0 Å². The average molecular weight is 531 g/mol. The molecule has 0 aliphatic heterocycles. The highest BCUT2D eigenvalue weighted by atomic mass is 35.5. The molecule has 0 atom stereocenters. The van der Waals surface area contributed by atoms with Crippen LogP contribution in [-0.4, -0.2) is 24.6 Å². The van der Waals surface area contributed by atoms with Gasteiger partial charge in [-0.1, -0.05) is 11.6 Å². The molecule has 4 aromatic heterocycles. The summed E-state index contributed by atoms with van der Waals surface area (Å²) < 4.78 is 47.4. The van der Waals surface area contributed by atoms with Crippen LogP contribution in [0.1, 0.15) is 36.5 Å². The third-order valence-electron chi connectivity index (χ3n) is 5.60. The van der Waals surface area contributed by atoms with Gasteiger partial charge in [0.05, 0.1) is 35.2 Å². The van der Waals surface area contributed by atoms with E-state index in [1.807, 2.05) is 0 Å². The fraction of sp³-hybridized carbons (Fsp3) is 0.231. The molecule has 0 amide bonds. The van der Waals surface area contributed by atoms with Gasteiger partial charge < -0.3 is 9.84 Å². The molecule has 4 aromatic rings. The molecular formula is C26H22ClF3N4O3. The normalized spacial score (nSPS) is 11.6. The molecule has 37 heavy (non-hydrogen) atoms. The zero-order valence-electron chi connectivity index (χ0n) is 20.3. The van der Waals surface area contributed by atoms with Gasteiger partial charge in [0.1, 0.15) is 40.3 Å². The first-order chi connectivity index (χ1) is 17.4. The largest absolute Gasteiger partial charge is 0.485 e. The van der Waals surface area contributed by atoms with Gasteiger partial charge in [-0.25, -0.2) is 18.2 Å². The minimum atomic E-state index is -1.38. The minimum absolute atomic E-state index is 0.0132. The van der Waals surface area contributed by atoms with Crippen LogP contribution < -0.4 is 10.3 Å². The molecule has 0 bridgehead atoms. The Labute approximate surface area is 215 Å². The van der Waals surface area contributed by atoms with Crippen molar-refractivity contribution in [1.29, 1.82) is 0 Å². The maximum atomic E-state index is 13.9. The maximum Gasteiger partial charge on any atom is 0.277 e. The zero-order chi connectivity index (χ0) is 27.1. The van der Waals surface area contributed by atoms with Crippen molar-refractivity contribution in [2.45, 2.75) is 39.9 Å². The van der Waals surface area contributed by atoms with Crippen LogP contribution in [0.3, 0.4) is 0 Å². The number of nitrogens with zero attached hydrogens (tertiary/aromatic N) is 4. The molecule has 0 spiro atoms. The van der Waals surface area contributed by atoms with Crippen molar-refractivity contribution in [2.24, 2.45) is 0 Å². The second kappa shape index (κ2) is 9.95. The maximum absolute atomic E-state index is 13.9. The van der Waals surface area contributed by atoms with Crippen molar-refractivity contribution >= 4 is 11.6 Å². The summed E-state index contributed by atoms with van der Waals surface area (Å²) in [4.78, 5) is 25.7. The van der Waals surface area contributed by atoms with E-state index in [2.05, 4.69) is 15.0 Å². The molecule has 0 aliphatic rings. The Morgan fingerprint density at radius 1 is 1.03 bits per heavy atom. The van der Waals surface area contributed by atoms with Crippen LogP contribution in [0.2, 0.25) is 5.02 Å². The highest BCUT2D eigenvalue weighted by Crippen LogP contribution is 2.32. The smallest absolute Gasteiger partial charge is 0.277 e. The van der Waals surface area contributed by atoms with Gasteiger partial charge in [0.15, 0.2) is 5.82 Å². The summed E-state index contributed by atoms with van der Waals surface area (Å²) in [5, 5.41) is 10.5. The average Bonchev–Trinajstić information content (AvgIpc) is 2.82. The third-order valence-corrected chi connectivity index (χ3v) is 5.95. The first-order valence-electron chi connectivity index (χ1n) is 11.1. The Kier molecular flexibility index (Phi) is 7.07. The lowest BCUT2D eigenvalue weighted by Gasteiger charge is -2.24. The summed E-state index contributed by atoms with van der Waals surface area (Å²) in [7, 11) is 0. The first-order valence-corrected chi connectivity index (χ1v) is 11.5. The molecule has 0 aliphatic carbocycles. The Morgan fingerprint density at radius 2 is 1.73 bits per heavy atom. The van der Waals surface area contributed by atoms with Crippen LogP contribution in [0.25, 0.3) is 17.1 Å². The monoisotopic (exact) mass is 530 g/mol. The summed E-state index contributed by atoms with van der Waals surface area (Å²) in [5.41, 5.74) is 0.0238. The standard InChI is InChI=1S/C26H22ClF3N4O3/c1-13-7-22(37-12-20-17(30)8-16(29)11-32-20)23(27)25(35)34(13)21-9-19(18-6-5-15(28)10-31-18)33-24(14(21)2)26(3,4)36/h5-11,36H,12H2,1-4H3. The second-order valence-corrected chi connectivity index (χ2v) is 9.27. The van der Waals surface area contributed by atoms with Crippen LogP contribution in [0.5, 0.6) is 5.75 Å². The number of aromatic nitrogens is 4. The fourth-order valence-corrected chi connectivity index (χ4v) is 4.06. The van der Waals surface area contributed by atoms with Gasteiger partial charge in [-0.15, -0.1) is 0 Å². The van der Waals surface area contributed by atoms with Crippen molar-refractivity contribution < 1.29 is 23.0 Å². The SMILES string of the molecule is Cc1c(-n2c(C)cc(OCc3ncc(F)cc3F)c(Cl)c2=O)cc(-c2ccc(F)cn2)nc1C(C)(C)O. The number of hydrogen-bond donors (Lipinski definition) is 1. The number of hydrogen-bond acceptors (Lipinski definition) is 6. The molecule has 4 heterocycles. The van der Waals surface area contributed by atoms with E-state index in [4.69, 9.17) is 16.3 Å². The quantitative estimate of drug-likeness (QED) is 0.369. The van der Waals surface area contributed by atoms with E-state index < -0.39 is 28.6 Å². The Hall–Kier alpha value is -3.76. The molecule has 0 unspecified atom stereocenters. The zero-order valence-corrected chi connectivity index (χ0v) is 21.1. The number of aryl methyl sites for hydroxylation is 1. The van der Waals surface area contributed by atoms with Crippen molar-refractivity contribution in [3.8, 4) is 22.8 Å². The highest BCUT2D eigenvalue weighted by molar-refractivity contribution is 6.31. The molecule has 11 heteroatoms. The molecule has 0 saturated heterocycles. The van der Waals surface area contributed by atoms with Gasteiger partial charge >= 0.3 is 0 Å². The Morgan fingerprint density at radius 3 is 2.35 bits per heavy atom. The summed E-state index contributed by atoms with van der Waals surface area (Å²) in [6.45, 7) is 6.06. The van der Waals surface area contributed by atoms with E-state index in [0.29, 0.717) is 34.4 Å². The van der Waals surface area contributed by atoms with E-state index in [0.717, 1.165) is 12.4 Å². The van der Waals surface area contributed by atoms with E-state index in [1.165, 1.54) is 22.8 Å². The lowest BCUT2D eigenvalue weighted by Crippen LogP contribution is -2.26. The summed E-state index contributed by atoms with van der Waals surface area (Å²) in [6.07, 6.45) is 1.90. The van der Waals surface area contributed by atoms with Crippen molar-refractivity contribution in [3.63, 3.8) is 0 Å². The summed E-state index contributed by atoms with van der Waals surface area (Å²) >= 11 is 6.36. The molecule has 4 rings (SSSR count). The first kappa shape index (κ1) is 26.3. The van der Waals surface area contributed by atoms with Gasteiger partial charge in [-0.2, -0.15) is 0 Å². The lowest BCUT2D eigenvalue weighted by molar-refractivity contribution is 0.0732. The van der Waals surface area contributed by atoms with Gasteiger partial charge in [0, 0.05) is 17.8 Å². The Balaban J connectivity index is 1.83. The van der Waals surface area contributed by atoms with Crippen LogP contribution in [0.15, 0.2) is 47.5 Å². The van der Waals surface area contributed by atoms with Crippen LogP contribution in [0.4, 0.5) is 13.2 Å². The van der Waals surface area contributed by atoms with Crippen LogP contribution >= 0.6 is 11.6 Å². The molecule has 1 N–H and O–H groups in total. The minimum Gasteiger partial charge on any atom is -0.485 e. The predicted octanol–water partition coefficient (Wildman–Crippen LogP) is 5.18. The number of halogens is 4. The molecule has 0 saturated carbocycles. The number of rotatable bonds is 6. The van der Waals surface area contributed by atoms with Crippen LogP contribution in [-0.2, 0) is 12.2 Å². The van der Waals surface area contributed by atoms with Crippen LogP contribution in [0, 0.1) is 31.3 Å². The molecular weight excluding hydrogens is 509 g/mol. The predicted molar refractivity (Wildman–Crippen MR) is 131 cm³/mol. The van der Waals surface area contributed by atoms with Crippen molar-refractivity contribution in [1.82, 2.24) is 19.5 Å². The third kappa shape index (κ3) is 5.35. The summed E-state index contributed by atoms with van der Waals surface area (Å²) in [5.74, 6) is -2.26. The van der Waals surface area contributed by atoms with E-state index in [1.54, 1.807) is 33.8 Å². The van der Waals surface area contributed by atoms with Crippen molar-refractivity contribution in [3.05, 3.63) is 98.2 Å². The molecule has 192 valence electrons. The molecule has 0 fully saturated rings. The van der Waals surface area contributed by atoms with Gasteiger partial charge in [-0.3, -0.25) is 19.3 Å². The topological polar surface area (TPSA) is 90.1 Å². The second-order valence-electron chi connectivity index (χ2n) is 8.90. The number of ether oxygens (including phenoxy) is 1. The number of aliphatic hydroxyl groups is 1. The molecule has 0 radical (unpaired) electrons. The lowest BCUT2D eigenvalue weighted by atomic mass is 9.97. The molecule has 7 nitrogen and oxygen atoms in total. The highest BCUT2D eigenvalue weighted by Gasteiger charge is 2.26. The number of pyridine rings is 4. The van der Waals surface area contributed by atoms with Crippen molar-refractivity contribution in [2.75, 3.05) is 0 Å². The Bertz CT molecular complexity index is 1550. The van der Waals surface area contributed by atoms with E-state index >= 15 is 0 Å². The molecule has 0 aromatic carbocycles. The van der Waals surface area contributed by atoms with E-state index in [9.17, 15) is 23.1 Å². The summed E-state index contributed by atoms with van der Waals surface area (Å²) in [6, 6.07) is 6.43. The fourth-order valence-electron chi connectivity index (χ4n) is 3.86.